The maximum atomic E-state index is 11.8. The van der Waals surface area contributed by atoms with Crippen LogP contribution >= 0.6 is 0 Å². The Balaban J connectivity index is 2.41. The number of halogens is 3. The number of carbonyl (C=O) groups excluding carboxylic acids is 3. The number of hydrogen-bond acceptors (Lipinski definition) is 4. The first-order valence-corrected chi connectivity index (χ1v) is 6.05. The van der Waals surface area contributed by atoms with Crippen LogP contribution in [0.2, 0.25) is 0 Å². The van der Waals surface area contributed by atoms with Crippen molar-refractivity contribution in [2.45, 2.75) is 13.1 Å². The molecule has 0 unspecified atom stereocenters. The molecule has 1 aromatic carbocycles. The molecule has 120 valence electrons. The smallest absolute Gasteiger partial charge is 0.405 e. The Morgan fingerprint density at radius 2 is 1.91 bits per heavy atom. The lowest BCUT2D eigenvalue weighted by atomic mass is 10.1. The van der Waals surface area contributed by atoms with E-state index in [0.29, 0.717) is 5.56 Å². The predicted molar refractivity (Wildman–Crippen MR) is 69.5 cm³/mol. The van der Waals surface area contributed by atoms with Crippen molar-refractivity contribution in [3.8, 4) is 5.75 Å². The van der Waals surface area contributed by atoms with Crippen molar-refractivity contribution in [2.75, 3.05) is 13.2 Å². The molecule has 0 saturated carbocycles. The van der Waals surface area contributed by atoms with Crippen molar-refractivity contribution in [3.05, 3.63) is 29.8 Å². The molecule has 1 aromatic rings. The number of amides is 3. The summed E-state index contributed by atoms with van der Waals surface area (Å²) in [7, 11) is 0. The molecule has 3 amide bonds. The highest BCUT2D eigenvalue weighted by Crippen LogP contribution is 2.13. The van der Waals surface area contributed by atoms with E-state index in [1.165, 1.54) is 24.4 Å². The Hall–Kier alpha value is -2.58. The molecule has 22 heavy (non-hydrogen) atoms. The summed E-state index contributed by atoms with van der Waals surface area (Å²) >= 11 is 0. The van der Waals surface area contributed by atoms with Crippen LogP contribution in [-0.2, 0) is 4.79 Å². The van der Waals surface area contributed by atoms with Gasteiger partial charge in [0.1, 0.15) is 12.3 Å². The first kappa shape index (κ1) is 17.5. The van der Waals surface area contributed by atoms with Crippen LogP contribution in [0.5, 0.6) is 5.75 Å². The number of Topliss-reactive ketones (excluding diaryl/α,β-unsaturated/α-hetero) is 1. The highest BCUT2D eigenvalue weighted by atomic mass is 19.4. The van der Waals surface area contributed by atoms with Gasteiger partial charge in [-0.05, 0) is 19.1 Å². The average Bonchev–Trinajstić information content (AvgIpc) is 2.42. The van der Waals surface area contributed by atoms with Gasteiger partial charge in [-0.25, -0.2) is 4.79 Å². The van der Waals surface area contributed by atoms with E-state index in [4.69, 9.17) is 4.74 Å². The van der Waals surface area contributed by atoms with Gasteiger partial charge >= 0.3 is 12.2 Å². The first-order valence-electron chi connectivity index (χ1n) is 6.05. The number of rotatable bonds is 5. The number of ketones is 1. The van der Waals surface area contributed by atoms with E-state index < -0.39 is 31.3 Å². The van der Waals surface area contributed by atoms with Gasteiger partial charge in [0.2, 0.25) is 0 Å². The molecular formula is C13H13F3N2O4. The van der Waals surface area contributed by atoms with Crippen molar-refractivity contribution in [3.63, 3.8) is 0 Å². The maximum Gasteiger partial charge on any atom is 0.405 e. The number of benzene rings is 1. The third-order valence-electron chi connectivity index (χ3n) is 2.31. The van der Waals surface area contributed by atoms with Crippen LogP contribution in [-0.4, -0.2) is 37.0 Å². The van der Waals surface area contributed by atoms with Gasteiger partial charge in [0.25, 0.3) is 5.91 Å². The summed E-state index contributed by atoms with van der Waals surface area (Å²) in [6, 6.07) is 4.71. The third kappa shape index (κ3) is 6.73. The fourth-order valence-corrected chi connectivity index (χ4v) is 1.34. The molecule has 2 N–H and O–H groups in total. The summed E-state index contributed by atoms with van der Waals surface area (Å²) in [6.45, 7) is -0.773. The zero-order chi connectivity index (χ0) is 16.8. The molecule has 0 fully saturated rings. The van der Waals surface area contributed by atoms with Crippen molar-refractivity contribution in [1.82, 2.24) is 10.6 Å². The topological polar surface area (TPSA) is 84.5 Å². The minimum Gasteiger partial charge on any atom is -0.484 e. The van der Waals surface area contributed by atoms with E-state index in [1.54, 1.807) is 17.4 Å². The standard InChI is InChI=1S/C13H13F3N2O4/c1-8(19)9-3-2-4-10(5-9)22-6-11(20)18-12(21)17-7-13(14,15)16/h2-5H,6-7H2,1H3,(H2,17,18,20,21). The van der Waals surface area contributed by atoms with Crippen LogP contribution < -0.4 is 15.4 Å². The normalized spacial score (nSPS) is 10.7. The summed E-state index contributed by atoms with van der Waals surface area (Å²) in [6.07, 6.45) is -4.57. The number of urea groups is 1. The fraction of sp³-hybridized carbons (Fsp3) is 0.308. The molecule has 0 aromatic heterocycles. The van der Waals surface area contributed by atoms with Gasteiger partial charge in [0, 0.05) is 5.56 Å². The van der Waals surface area contributed by atoms with Crippen LogP contribution in [0.3, 0.4) is 0 Å². The Kier molecular flexibility index (Phi) is 5.90. The summed E-state index contributed by atoms with van der Waals surface area (Å²) < 4.78 is 40.6. The zero-order valence-corrected chi connectivity index (χ0v) is 11.5. The first-order chi connectivity index (χ1) is 10.2. The molecule has 0 bridgehead atoms. The van der Waals surface area contributed by atoms with Crippen LogP contribution in [0.25, 0.3) is 0 Å². The Bertz CT molecular complexity index is 573. The molecule has 0 heterocycles. The third-order valence-corrected chi connectivity index (χ3v) is 2.31. The van der Waals surface area contributed by atoms with E-state index in [-0.39, 0.29) is 11.5 Å². The highest BCUT2D eigenvalue weighted by molar-refractivity contribution is 5.95. The van der Waals surface area contributed by atoms with E-state index in [1.807, 2.05) is 0 Å². The number of carbonyl (C=O) groups is 3. The van der Waals surface area contributed by atoms with Crippen molar-refractivity contribution >= 4 is 17.7 Å². The van der Waals surface area contributed by atoms with Crippen LogP contribution in [0.15, 0.2) is 24.3 Å². The van der Waals surface area contributed by atoms with Crippen molar-refractivity contribution < 1.29 is 32.3 Å². The largest absolute Gasteiger partial charge is 0.484 e. The monoisotopic (exact) mass is 318 g/mol. The molecule has 6 nitrogen and oxygen atoms in total. The van der Waals surface area contributed by atoms with Gasteiger partial charge in [0.15, 0.2) is 12.4 Å². The fourth-order valence-electron chi connectivity index (χ4n) is 1.34. The van der Waals surface area contributed by atoms with E-state index >= 15 is 0 Å². The Morgan fingerprint density at radius 3 is 2.50 bits per heavy atom. The Labute approximate surface area is 123 Å². The van der Waals surface area contributed by atoms with E-state index in [0.717, 1.165) is 0 Å². The van der Waals surface area contributed by atoms with Crippen LogP contribution in [0, 0.1) is 0 Å². The summed E-state index contributed by atoms with van der Waals surface area (Å²) in [5.74, 6) is -0.895. The van der Waals surface area contributed by atoms with Gasteiger partial charge in [-0.1, -0.05) is 12.1 Å². The molecule has 0 saturated heterocycles. The molecule has 0 aliphatic heterocycles. The molecular weight excluding hydrogens is 305 g/mol. The average molecular weight is 318 g/mol. The zero-order valence-electron chi connectivity index (χ0n) is 11.5. The quantitative estimate of drug-likeness (QED) is 0.809. The maximum absolute atomic E-state index is 11.8. The van der Waals surface area contributed by atoms with E-state index in [2.05, 4.69) is 0 Å². The molecule has 1 rings (SSSR count). The summed E-state index contributed by atoms with van der Waals surface area (Å²) in [5.41, 5.74) is 0.376. The minimum absolute atomic E-state index is 0.193. The number of alkyl halides is 3. The summed E-state index contributed by atoms with van der Waals surface area (Å²) in [5, 5.41) is 3.16. The molecule has 0 atom stereocenters. The lowest BCUT2D eigenvalue weighted by Gasteiger charge is -2.10. The molecule has 9 heteroatoms. The van der Waals surface area contributed by atoms with Crippen LogP contribution in [0.4, 0.5) is 18.0 Å². The Morgan fingerprint density at radius 1 is 1.23 bits per heavy atom. The van der Waals surface area contributed by atoms with Gasteiger partial charge in [-0.2, -0.15) is 13.2 Å². The molecule has 0 radical (unpaired) electrons. The number of ether oxygens (including phenoxy) is 1. The van der Waals surface area contributed by atoms with Crippen molar-refractivity contribution in [2.24, 2.45) is 0 Å². The second-order valence-corrected chi connectivity index (χ2v) is 4.22. The molecule has 0 aliphatic rings. The number of imide groups is 1. The molecule has 0 aliphatic carbocycles. The van der Waals surface area contributed by atoms with Gasteiger partial charge in [0.05, 0.1) is 0 Å². The lowest BCUT2D eigenvalue weighted by Crippen LogP contribution is -2.44. The van der Waals surface area contributed by atoms with Crippen molar-refractivity contribution in [1.29, 1.82) is 0 Å². The number of nitrogens with one attached hydrogen (secondary N) is 2. The minimum atomic E-state index is -4.57. The van der Waals surface area contributed by atoms with Gasteiger partial charge < -0.3 is 10.1 Å². The van der Waals surface area contributed by atoms with E-state index in [9.17, 15) is 27.6 Å². The van der Waals surface area contributed by atoms with Gasteiger partial charge in [-0.15, -0.1) is 0 Å². The highest BCUT2D eigenvalue weighted by Gasteiger charge is 2.27. The van der Waals surface area contributed by atoms with Crippen LogP contribution in [0.1, 0.15) is 17.3 Å². The second kappa shape index (κ2) is 7.43. The number of hydrogen-bond donors (Lipinski definition) is 2. The predicted octanol–water partition coefficient (Wildman–Crippen LogP) is 1.66. The molecule has 0 spiro atoms. The summed E-state index contributed by atoms with van der Waals surface area (Å²) in [4.78, 5) is 33.5. The SMILES string of the molecule is CC(=O)c1cccc(OCC(=O)NC(=O)NCC(F)(F)F)c1. The second-order valence-electron chi connectivity index (χ2n) is 4.22. The lowest BCUT2D eigenvalue weighted by molar-refractivity contribution is -0.125. The van der Waals surface area contributed by atoms with Gasteiger partial charge in [-0.3, -0.25) is 14.9 Å².